The normalized spacial score (nSPS) is 37.5. The van der Waals surface area contributed by atoms with Crippen molar-refractivity contribution < 1.29 is 29.3 Å². The van der Waals surface area contributed by atoms with E-state index in [9.17, 15) is 19.8 Å². The van der Waals surface area contributed by atoms with E-state index in [4.69, 9.17) is 9.47 Å². The Bertz CT molecular complexity index is 1450. The smallest absolute Gasteiger partial charge is 0.342 e. The number of allylic oxidation sites excluding steroid dienone is 1. The SMILES string of the molecule is CCn1cc(C(=O)O[C@@H]2[C@H]3[C@@H](O)[C@@H](C)C[C@]3(O)C(=O)/C(C)=C/[C@@H]3[C@H](CC[C@]24CO4)C3(C)C)c(-c2ccc(N(C)C)cc2)n1. The fourth-order valence-corrected chi connectivity index (χ4v) is 7.91. The third kappa shape index (κ3) is 4.84. The van der Waals surface area contributed by atoms with Gasteiger partial charge in [0.25, 0.3) is 0 Å². The Balaban J connectivity index is 1.40. The molecule has 0 unspecified atom stereocenters. The number of carbonyl (C=O) groups is 2. The number of nitrogens with zero attached hydrogens (tertiary/aromatic N) is 3. The first-order valence-corrected chi connectivity index (χ1v) is 15.6. The van der Waals surface area contributed by atoms with Gasteiger partial charge in [-0.05, 0) is 74.0 Å². The molecule has 3 fully saturated rings. The van der Waals surface area contributed by atoms with Gasteiger partial charge in [-0.2, -0.15) is 5.10 Å². The first-order chi connectivity index (χ1) is 20.2. The van der Waals surface area contributed by atoms with Crippen molar-refractivity contribution >= 4 is 17.4 Å². The van der Waals surface area contributed by atoms with Crippen LogP contribution in [0.1, 0.15) is 64.2 Å². The molecule has 6 rings (SSSR count). The lowest BCUT2D eigenvalue weighted by molar-refractivity contribution is -0.151. The van der Waals surface area contributed by atoms with Crippen LogP contribution in [0.2, 0.25) is 0 Å². The summed E-state index contributed by atoms with van der Waals surface area (Å²) < 4.78 is 14.2. The first-order valence-electron chi connectivity index (χ1n) is 15.6. The maximum Gasteiger partial charge on any atom is 0.342 e. The van der Waals surface area contributed by atoms with Crippen LogP contribution in [0.3, 0.4) is 0 Å². The Morgan fingerprint density at radius 2 is 1.91 bits per heavy atom. The van der Waals surface area contributed by atoms with Crippen LogP contribution in [0.25, 0.3) is 11.3 Å². The Labute approximate surface area is 253 Å². The molecule has 1 aromatic heterocycles. The third-order valence-corrected chi connectivity index (χ3v) is 10.9. The van der Waals surface area contributed by atoms with Crippen LogP contribution >= 0.6 is 0 Å². The Kier molecular flexibility index (Phi) is 7.18. The molecule has 8 atom stereocenters. The summed E-state index contributed by atoms with van der Waals surface area (Å²) in [6, 6.07) is 7.79. The van der Waals surface area contributed by atoms with Crippen LogP contribution in [0.4, 0.5) is 5.69 Å². The van der Waals surface area contributed by atoms with Gasteiger partial charge in [0.15, 0.2) is 5.78 Å². The topological polar surface area (TPSA) is 117 Å². The van der Waals surface area contributed by atoms with Crippen molar-refractivity contribution in [1.29, 1.82) is 0 Å². The molecule has 1 saturated heterocycles. The van der Waals surface area contributed by atoms with Gasteiger partial charge < -0.3 is 24.6 Å². The average Bonchev–Trinajstić information content (AvgIpc) is 3.75. The number of rotatable bonds is 5. The number of hydrogen-bond acceptors (Lipinski definition) is 8. The molecule has 0 amide bonds. The fourth-order valence-electron chi connectivity index (χ4n) is 7.91. The van der Waals surface area contributed by atoms with Crippen molar-refractivity contribution in [3.05, 3.63) is 47.7 Å². The molecule has 0 radical (unpaired) electrons. The Morgan fingerprint density at radius 3 is 2.51 bits per heavy atom. The van der Waals surface area contributed by atoms with Crippen LogP contribution in [0.15, 0.2) is 42.1 Å². The standard InChI is InChI=1S/C34H45N3O6/c1-8-37-17-23(27(35-37)21-9-11-22(12-10-21)36(6)7)31(40)43-30-26-28(38)20(3)16-34(26,41)29(39)19(2)15-25-24(32(25,4)5)13-14-33(30)18-42-33/h9-12,15,17,20,24-26,28,30,38,41H,8,13-14,16,18H2,1-7H3/b19-15+/t20-,24-,25+,26+,28-,30+,33-,34+/m0/s1. The van der Waals surface area contributed by atoms with E-state index in [2.05, 4.69) is 18.9 Å². The molecule has 2 aromatic rings. The van der Waals surface area contributed by atoms with Crippen molar-refractivity contribution in [3.8, 4) is 11.3 Å². The number of ether oxygens (including phenoxy) is 2. The van der Waals surface area contributed by atoms with Crippen molar-refractivity contribution in [1.82, 2.24) is 9.78 Å². The highest BCUT2D eigenvalue weighted by Crippen LogP contribution is 2.63. The van der Waals surface area contributed by atoms with Gasteiger partial charge in [0.05, 0.1) is 18.6 Å². The molecule has 232 valence electrons. The zero-order valence-corrected chi connectivity index (χ0v) is 26.3. The molecule has 9 heteroatoms. The minimum Gasteiger partial charge on any atom is -0.455 e. The predicted molar refractivity (Wildman–Crippen MR) is 163 cm³/mol. The number of aryl methyl sites for hydroxylation is 1. The van der Waals surface area contributed by atoms with Crippen molar-refractivity contribution in [2.24, 2.45) is 29.1 Å². The monoisotopic (exact) mass is 591 g/mol. The number of fused-ring (bicyclic) bond motifs is 2. The summed E-state index contributed by atoms with van der Waals surface area (Å²) >= 11 is 0. The summed E-state index contributed by atoms with van der Waals surface area (Å²) in [5.74, 6) is -1.84. The predicted octanol–water partition coefficient (Wildman–Crippen LogP) is 4.26. The van der Waals surface area contributed by atoms with E-state index in [0.29, 0.717) is 42.3 Å². The lowest BCUT2D eigenvalue weighted by atomic mass is 9.74. The second-order valence-electron chi connectivity index (χ2n) is 14.2. The molecule has 2 heterocycles. The van der Waals surface area contributed by atoms with Crippen LogP contribution in [-0.4, -0.2) is 75.9 Å². The van der Waals surface area contributed by atoms with Gasteiger partial charge in [-0.25, -0.2) is 4.79 Å². The molecular formula is C34H45N3O6. The van der Waals surface area contributed by atoms with E-state index in [-0.39, 0.29) is 23.7 Å². The van der Waals surface area contributed by atoms with Gasteiger partial charge in [0.1, 0.15) is 28.6 Å². The Morgan fingerprint density at radius 1 is 1.23 bits per heavy atom. The number of benzene rings is 1. The number of anilines is 1. The number of Topliss-reactive ketones (excluding diaryl/α,β-unsaturated/α-hetero) is 1. The number of aliphatic hydroxyl groups excluding tert-OH is 1. The van der Waals surface area contributed by atoms with Crippen LogP contribution in [0, 0.1) is 29.1 Å². The maximum atomic E-state index is 14.2. The molecule has 2 saturated carbocycles. The van der Waals surface area contributed by atoms with Crippen LogP contribution in [-0.2, 0) is 20.8 Å². The van der Waals surface area contributed by atoms with Crippen LogP contribution < -0.4 is 4.90 Å². The van der Waals surface area contributed by atoms with E-state index in [1.54, 1.807) is 17.8 Å². The summed E-state index contributed by atoms with van der Waals surface area (Å²) in [5, 5.41) is 28.4. The number of esters is 1. The molecule has 3 aliphatic carbocycles. The number of carbonyl (C=O) groups excluding carboxylic acids is 2. The highest BCUT2D eigenvalue weighted by atomic mass is 16.6. The molecule has 2 N–H and O–H groups in total. The minimum absolute atomic E-state index is 0.0270. The summed E-state index contributed by atoms with van der Waals surface area (Å²) in [6.07, 6.45) is 3.14. The molecule has 1 aliphatic heterocycles. The first kappa shape index (κ1) is 30.0. The molecular weight excluding hydrogens is 546 g/mol. The zero-order valence-electron chi connectivity index (χ0n) is 26.3. The maximum absolute atomic E-state index is 14.2. The minimum atomic E-state index is -1.89. The quantitative estimate of drug-likeness (QED) is 0.391. The summed E-state index contributed by atoms with van der Waals surface area (Å²) in [5.41, 5.74) is 0.335. The fraction of sp³-hybridized carbons (Fsp3) is 0.618. The number of aliphatic hydroxyl groups is 2. The van der Waals surface area contributed by atoms with E-state index < -0.39 is 41.1 Å². The number of ketones is 1. The highest BCUT2D eigenvalue weighted by Gasteiger charge is 2.68. The van der Waals surface area contributed by atoms with Crippen LogP contribution in [0.5, 0.6) is 0 Å². The summed E-state index contributed by atoms with van der Waals surface area (Å²) in [4.78, 5) is 30.2. The molecule has 1 spiro atoms. The Hall–Kier alpha value is -3.01. The van der Waals surface area contributed by atoms with Crippen molar-refractivity contribution in [3.63, 3.8) is 0 Å². The molecule has 9 nitrogen and oxygen atoms in total. The lowest BCUT2D eigenvalue weighted by Gasteiger charge is -2.38. The van der Waals surface area contributed by atoms with Gasteiger partial charge >= 0.3 is 5.97 Å². The highest BCUT2D eigenvalue weighted by molar-refractivity contribution is 6.02. The number of aromatic nitrogens is 2. The third-order valence-electron chi connectivity index (χ3n) is 10.9. The van der Waals surface area contributed by atoms with E-state index in [0.717, 1.165) is 17.7 Å². The summed E-state index contributed by atoms with van der Waals surface area (Å²) in [7, 11) is 3.93. The van der Waals surface area contributed by atoms with Gasteiger partial charge in [0.2, 0.25) is 0 Å². The van der Waals surface area contributed by atoms with Crippen molar-refractivity contribution in [2.75, 3.05) is 25.6 Å². The van der Waals surface area contributed by atoms with E-state index in [1.807, 2.05) is 63.2 Å². The second kappa shape index (κ2) is 10.3. The lowest BCUT2D eigenvalue weighted by Crippen LogP contribution is -2.56. The van der Waals surface area contributed by atoms with Gasteiger partial charge in [-0.3, -0.25) is 9.48 Å². The number of epoxide rings is 1. The number of hydrogen-bond donors (Lipinski definition) is 2. The molecule has 4 aliphatic rings. The molecule has 1 aromatic carbocycles. The van der Waals surface area contributed by atoms with Crippen molar-refractivity contribution in [2.45, 2.75) is 83.8 Å². The summed E-state index contributed by atoms with van der Waals surface area (Å²) in [6.45, 7) is 10.8. The largest absolute Gasteiger partial charge is 0.455 e. The van der Waals surface area contributed by atoms with Gasteiger partial charge in [-0.1, -0.05) is 39.0 Å². The van der Waals surface area contributed by atoms with E-state index in [1.165, 1.54) is 0 Å². The molecule has 0 bridgehead atoms. The van der Waals surface area contributed by atoms with Gasteiger partial charge in [-0.15, -0.1) is 0 Å². The second-order valence-corrected chi connectivity index (χ2v) is 14.2. The molecule has 43 heavy (non-hydrogen) atoms. The average molecular weight is 592 g/mol. The van der Waals surface area contributed by atoms with Gasteiger partial charge in [0, 0.05) is 38.1 Å². The van der Waals surface area contributed by atoms with E-state index >= 15 is 0 Å². The zero-order chi connectivity index (χ0) is 31.1.